The SMILES string of the molecule is CC(C)(COC(=O)c1ccccc1)COC(=O)C(O)(C(F)(F)F)C(F)(F)F. The van der Waals surface area contributed by atoms with Gasteiger partial charge >= 0.3 is 29.9 Å². The Morgan fingerprint density at radius 2 is 1.33 bits per heavy atom. The Morgan fingerprint density at radius 1 is 0.889 bits per heavy atom. The van der Waals surface area contributed by atoms with Crippen LogP contribution in [0.1, 0.15) is 24.2 Å². The van der Waals surface area contributed by atoms with Crippen molar-refractivity contribution in [2.45, 2.75) is 31.8 Å². The van der Waals surface area contributed by atoms with Crippen molar-refractivity contribution in [2.24, 2.45) is 5.41 Å². The van der Waals surface area contributed by atoms with Crippen LogP contribution in [-0.2, 0) is 14.3 Å². The van der Waals surface area contributed by atoms with Crippen molar-refractivity contribution in [1.29, 1.82) is 0 Å². The molecule has 0 bridgehead atoms. The maximum absolute atomic E-state index is 12.6. The van der Waals surface area contributed by atoms with Crippen LogP contribution in [0.4, 0.5) is 26.3 Å². The van der Waals surface area contributed by atoms with Crippen molar-refractivity contribution in [2.75, 3.05) is 13.2 Å². The number of halogens is 6. The van der Waals surface area contributed by atoms with Crippen molar-refractivity contribution < 1.29 is 50.5 Å². The Hall–Kier alpha value is -2.30. The zero-order valence-corrected chi connectivity index (χ0v) is 14.1. The topological polar surface area (TPSA) is 72.8 Å². The summed E-state index contributed by atoms with van der Waals surface area (Å²) in [4.78, 5) is 23.1. The molecule has 0 amide bonds. The molecule has 5 nitrogen and oxygen atoms in total. The van der Waals surface area contributed by atoms with E-state index in [0.717, 1.165) is 0 Å². The summed E-state index contributed by atoms with van der Waals surface area (Å²) in [6.07, 6.45) is -12.7. The molecule has 1 rings (SSSR count). The summed E-state index contributed by atoms with van der Waals surface area (Å²) in [5.41, 5.74) is -6.80. The average Bonchev–Trinajstić information content (AvgIpc) is 2.55. The van der Waals surface area contributed by atoms with E-state index in [0.29, 0.717) is 0 Å². The number of rotatable bonds is 6. The van der Waals surface area contributed by atoms with Crippen LogP contribution in [0.25, 0.3) is 0 Å². The molecule has 152 valence electrons. The van der Waals surface area contributed by atoms with Crippen molar-refractivity contribution in [3.8, 4) is 0 Å². The van der Waals surface area contributed by atoms with Crippen LogP contribution in [0.15, 0.2) is 30.3 Å². The normalized spacial score (nSPS) is 13.2. The highest BCUT2D eigenvalue weighted by Gasteiger charge is 2.76. The highest BCUT2D eigenvalue weighted by atomic mass is 19.4. The first-order chi connectivity index (χ1) is 12.1. The molecule has 0 aromatic heterocycles. The second-order valence-corrected chi connectivity index (χ2v) is 6.39. The number of hydrogen-bond acceptors (Lipinski definition) is 5. The largest absolute Gasteiger partial charge is 0.462 e. The van der Waals surface area contributed by atoms with E-state index in [2.05, 4.69) is 4.74 Å². The molecule has 0 atom stereocenters. The minimum atomic E-state index is -6.33. The number of benzene rings is 1. The maximum Gasteiger partial charge on any atom is 0.437 e. The minimum absolute atomic E-state index is 0.175. The third-order valence-corrected chi connectivity index (χ3v) is 3.31. The summed E-state index contributed by atoms with van der Waals surface area (Å²) in [6, 6.07) is 7.62. The number of carbonyl (C=O) groups excluding carboxylic acids is 2. The number of carbonyl (C=O) groups is 2. The number of ether oxygens (including phenoxy) is 2. The van der Waals surface area contributed by atoms with Gasteiger partial charge in [-0.2, -0.15) is 26.3 Å². The monoisotopic (exact) mass is 402 g/mol. The van der Waals surface area contributed by atoms with Crippen molar-refractivity contribution in [3.05, 3.63) is 35.9 Å². The van der Waals surface area contributed by atoms with Gasteiger partial charge in [0.1, 0.15) is 0 Å². The number of aliphatic hydroxyl groups is 1. The Kier molecular flexibility index (Phi) is 6.53. The number of alkyl halides is 6. The van der Waals surface area contributed by atoms with Crippen LogP contribution in [0.3, 0.4) is 0 Å². The maximum atomic E-state index is 12.6. The minimum Gasteiger partial charge on any atom is -0.462 e. The second kappa shape index (κ2) is 7.75. The molecular weight excluding hydrogens is 386 g/mol. The van der Waals surface area contributed by atoms with Gasteiger partial charge in [-0.3, -0.25) is 0 Å². The van der Waals surface area contributed by atoms with E-state index in [-0.39, 0.29) is 5.56 Å². The highest BCUT2D eigenvalue weighted by molar-refractivity contribution is 5.89. The fraction of sp³-hybridized carbons (Fsp3) is 0.500. The van der Waals surface area contributed by atoms with E-state index in [1.54, 1.807) is 18.2 Å². The molecular formula is C16H16F6O5. The molecule has 0 spiro atoms. The van der Waals surface area contributed by atoms with Crippen molar-refractivity contribution in [1.82, 2.24) is 0 Å². The summed E-state index contributed by atoms with van der Waals surface area (Å²) < 4.78 is 84.4. The summed E-state index contributed by atoms with van der Waals surface area (Å²) in [5, 5.41) is 8.91. The predicted octanol–water partition coefficient (Wildman–Crippen LogP) is 3.27. The fourth-order valence-electron chi connectivity index (χ4n) is 1.72. The molecule has 0 saturated carbocycles. The lowest BCUT2D eigenvalue weighted by molar-refractivity contribution is -0.357. The lowest BCUT2D eigenvalue weighted by Crippen LogP contribution is -2.63. The molecule has 0 fully saturated rings. The van der Waals surface area contributed by atoms with Gasteiger partial charge in [-0.15, -0.1) is 0 Å². The quantitative estimate of drug-likeness (QED) is 0.584. The molecule has 0 aliphatic carbocycles. The Labute approximate surface area is 149 Å². The summed E-state index contributed by atoms with van der Waals surface area (Å²) in [6.45, 7) is 1.12. The molecule has 1 aromatic rings. The first-order valence-corrected chi connectivity index (χ1v) is 7.37. The Morgan fingerprint density at radius 3 is 1.78 bits per heavy atom. The van der Waals surface area contributed by atoms with Gasteiger partial charge in [0.05, 0.1) is 18.8 Å². The van der Waals surface area contributed by atoms with Crippen LogP contribution in [-0.4, -0.2) is 48.2 Å². The molecule has 0 saturated heterocycles. The van der Waals surface area contributed by atoms with Gasteiger partial charge in [0.2, 0.25) is 0 Å². The standard InChI is InChI=1S/C16H16F6O5/c1-13(2,8-26-11(23)10-6-4-3-5-7-10)9-27-12(24)14(25,15(17,18)19)16(20,21)22/h3-7,25H,8-9H2,1-2H3. The van der Waals surface area contributed by atoms with Crippen molar-refractivity contribution >= 4 is 11.9 Å². The number of hydrogen-bond donors (Lipinski definition) is 1. The Bertz CT molecular complexity index is 652. The molecule has 0 radical (unpaired) electrons. The van der Waals surface area contributed by atoms with Crippen LogP contribution in [0.2, 0.25) is 0 Å². The second-order valence-electron chi connectivity index (χ2n) is 6.39. The van der Waals surface area contributed by atoms with Gasteiger partial charge in [0.25, 0.3) is 0 Å². The molecule has 0 heterocycles. The van der Waals surface area contributed by atoms with E-state index in [4.69, 9.17) is 9.84 Å². The van der Waals surface area contributed by atoms with E-state index < -0.39 is 48.5 Å². The van der Waals surface area contributed by atoms with Gasteiger partial charge in [0.15, 0.2) is 0 Å². The third-order valence-electron chi connectivity index (χ3n) is 3.31. The van der Waals surface area contributed by atoms with Crippen LogP contribution in [0.5, 0.6) is 0 Å². The third kappa shape index (κ3) is 5.34. The molecule has 0 unspecified atom stereocenters. The molecule has 27 heavy (non-hydrogen) atoms. The molecule has 1 N–H and O–H groups in total. The van der Waals surface area contributed by atoms with Crippen molar-refractivity contribution in [3.63, 3.8) is 0 Å². The zero-order valence-electron chi connectivity index (χ0n) is 14.1. The van der Waals surface area contributed by atoms with E-state index in [9.17, 15) is 35.9 Å². The van der Waals surface area contributed by atoms with Crippen LogP contribution < -0.4 is 0 Å². The van der Waals surface area contributed by atoms with Gasteiger partial charge in [0, 0.05) is 5.41 Å². The lowest BCUT2D eigenvalue weighted by Gasteiger charge is -2.31. The molecule has 0 aliphatic rings. The van der Waals surface area contributed by atoms with Crippen LogP contribution in [0, 0.1) is 5.41 Å². The van der Waals surface area contributed by atoms with Gasteiger partial charge in [-0.1, -0.05) is 32.0 Å². The first kappa shape index (κ1) is 22.7. The van der Waals surface area contributed by atoms with E-state index in [1.165, 1.54) is 26.0 Å². The summed E-state index contributed by atoms with van der Waals surface area (Å²) >= 11 is 0. The Balaban J connectivity index is 2.74. The molecule has 11 heteroatoms. The average molecular weight is 402 g/mol. The summed E-state index contributed by atoms with van der Waals surface area (Å²) in [5.74, 6) is -3.69. The molecule has 0 aliphatic heterocycles. The number of esters is 2. The fourth-order valence-corrected chi connectivity index (χ4v) is 1.72. The first-order valence-electron chi connectivity index (χ1n) is 7.37. The zero-order chi connectivity index (χ0) is 21.1. The van der Waals surface area contributed by atoms with Gasteiger partial charge in [-0.25, -0.2) is 9.59 Å². The van der Waals surface area contributed by atoms with Gasteiger partial charge in [-0.05, 0) is 12.1 Å². The highest BCUT2D eigenvalue weighted by Crippen LogP contribution is 2.44. The lowest BCUT2D eigenvalue weighted by atomic mass is 9.96. The van der Waals surface area contributed by atoms with E-state index >= 15 is 0 Å². The summed E-state index contributed by atoms with van der Waals surface area (Å²) in [7, 11) is 0. The van der Waals surface area contributed by atoms with Crippen LogP contribution >= 0.6 is 0 Å². The van der Waals surface area contributed by atoms with E-state index in [1.807, 2.05) is 0 Å². The smallest absolute Gasteiger partial charge is 0.437 e. The molecule has 1 aromatic carbocycles. The predicted molar refractivity (Wildman–Crippen MR) is 78.5 cm³/mol. The van der Waals surface area contributed by atoms with Gasteiger partial charge < -0.3 is 14.6 Å².